The minimum absolute atomic E-state index is 0.0337. The normalized spacial score (nSPS) is 16.3. The van der Waals surface area contributed by atoms with Gasteiger partial charge in [-0.1, -0.05) is 6.92 Å². The van der Waals surface area contributed by atoms with Gasteiger partial charge in [0, 0.05) is 18.8 Å². The molecule has 0 unspecified atom stereocenters. The fourth-order valence-electron chi connectivity index (χ4n) is 2.26. The van der Waals surface area contributed by atoms with E-state index in [2.05, 4.69) is 12.0 Å². The SMILES string of the molecule is CCc1c(C)nn(C(=O)N2CCOCC2)c1C. The molecule has 0 radical (unpaired) electrons. The summed E-state index contributed by atoms with van der Waals surface area (Å²) in [5, 5.41) is 4.34. The van der Waals surface area contributed by atoms with Crippen molar-refractivity contribution in [3.8, 4) is 0 Å². The van der Waals surface area contributed by atoms with Gasteiger partial charge in [-0.3, -0.25) is 0 Å². The molecule has 5 heteroatoms. The van der Waals surface area contributed by atoms with E-state index in [0.29, 0.717) is 26.3 Å². The Morgan fingerprint density at radius 3 is 2.53 bits per heavy atom. The lowest BCUT2D eigenvalue weighted by molar-refractivity contribution is 0.0527. The molecule has 0 spiro atoms. The summed E-state index contributed by atoms with van der Waals surface area (Å²) in [6.45, 7) is 8.53. The Balaban J connectivity index is 2.24. The Labute approximate surface area is 101 Å². The number of nitrogens with zero attached hydrogens (tertiary/aromatic N) is 3. The molecular formula is C12H19N3O2. The van der Waals surface area contributed by atoms with Crippen molar-refractivity contribution in [1.29, 1.82) is 0 Å². The van der Waals surface area contributed by atoms with Gasteiger partial charge in [0.1, 0.15) is 0 Å². The number of hydrogen-bond acceptors (Lipinski definition) is 3. The van der Waals surface area contributed by atoms with Gasteiger partial charge in [-0.25, -0.2) is 4.79 Å². The van der Waals surface area contributed by atoms with Crippen LogP contribution in [0.5, 0.6) is 0 Å². The summed E-state index contributed by atoms with van der Waals surface area (Å²) in [6.07, 6.45) is 0.911. The molecule has 0 aromatic carbocycles. The number of carbonyl (C=O) groups is 1. The summed E-state index contributed by atoms with van der Waals surface area (Å²) in [4.78, 5) is 14.1. The van der Waals surface area contributed by atoms with Crippen LogP contribution in [0.1, 0.15) is 23.9 Å². The summed E-state index contributed by atoms with van der Waals surface area (Å²) < 4.78 is 6.77. The molecular weight excluding hydrogens is 218 g/mol. The Hall–Kier alpha value is -1.36. The summed E-state index contributed by atoms with van der Waals surface area (Å²) in [5.74, 6) is 0. The maximum Gasteiger partial charge on any atom is 0.345 e. The molecule has 5 nitrogen and oxygen atoms in total. The third-order valence-electron chi connectivity index (χ3n) is 3.26. The van der Waals surface area contributed by atoms with Crippen molar-refractivity contribution in [2.75, 3.05) is 26.3 Å². The van der Waals surface area contributed by atoms with Crippen molar-refractivity contribution in [3.63, 3.8) is 0 Å². The van der Waals surface area contributed by atoms with Gasteiger partial charge in [0.15, 0.2) is 0 Å². The second kappa shape index (κ2) is 4.87. The number of ether oxygens (including phenoxy) is 1. The van der Waals surface area contributed by atoms with E-state index in [0.717, 1.165) is 17.8 Å². The molecule has 1 aromatic rings. The van der Waals surface area contributed by atoms with E-state index < -0.39 is 0 Å². The van der Waals surface area contributed by atoms with Gasteiger partial charge >= 0.3 is 6.03 Å². The van der Waals surface area contributed by atoms with Crippen LogP contribution in [0.2, 0.25) is 0 Å². The molecule has 2 heterocycles. The topological polar surface area (TPSA) is 47.4 Å². The number of rotatable bonds is 1. The van der Waals surface area contributed by atoms with E-state index >= 15 is 0 Å². The number of hydrogen-bond donors (Lipinski definition) is 0. The van der Waals surface area contributed by atoms with Gasteiger partial charge in [0.2, 0.25) is 0 Å². The van der Waals surface area contributed by atoms with E-state index in [1.807, 2.05) is 13.8 Å². The molecule has 0 saturated carbocycles. The Kier molecular flexibility index (Phi) is 3.47. The summed E-state index contributed by atoms with van der Waals surface area (Å²) in [5.41, 5.74) is 3.08. The van der Waals surface area contributed by atoms with Crippen LogP contribution in [-0.2, 0) is 11.2 Å². The lowest BCUT2D eigenvalue weighted by Gasteiger charge is -2.26. The van der Waals surface area contributed by atoms with Crippen LogP contribution in [0.4, 0.5) is 4.79 Å². The number of carbonyl (C=O) groups excluding carboxylic acids is 1. The standard InChI is InChI=1S/C12H19N3O2/c1-4-11-9(2)13-15(10(11)3)12(16)14-5-7-17-8-6-14/h4-8H2,1-3H3. The maximum absolute atomic E-state index is 12.3. The van der Waals surface area contributed by atoms with E-state index in [1.165, 1.54) is 10.2 Å². The highest BCUT2D eigenvalue weighted by Gasteiger charge is 2.22. The predicted molar refractivity (Wildman–Crippen MR) is 64.3 cm³/mol. The van der Waals surface area contributed by atoms with Crippen LogP contribution in [0.15, 0.2) is 0 Å². The second-order valence-corrected chi connectivity index (χ2v) is 4.30. The third-order valence-corrected chi connectivity index (χ3v) is 3.26. The lowest BCUT2D eigenvalue weighted by atomic mass is 10.1. The van der Waals surface area contributed by atoms with Crippen LogP contribution in [0.3, 0.4) is 0 Å². The largest absolute Gasteiger partial charge is 0.378 e. The van der Waals surface area contributed by atoms with Gasteiger partial charge in [0.05, 0.1) is 18.9 Å². The molecule has 17 heavy (non-hydrogen) atoms. The number of aromatic nitrogens is 2. The molecule has 94 valence electrons. The first-order valence-electron chi connectivity index (χ1n) is 6.07. The minimum atomic E-state index is -0.0337. The third kappa shape index (κ3) is 2.20. The fourth-order valence-corrected chi connectivity index (χ4v) is 2.26. The highest BCUT2D eigenvalue weighted by atomic mass is 16.5. The Morgan fingerprint density at radius 2 is 2.00 bits per heavy atom. The average Bonchev–Trinajstić information content (AvgIpc) is 2.64. The Bertz CT molecular complexity index is 420. The van der Waals surface area contributed by atoms with E-state index in [-0.39, 0.29) is 6.03 Å². The number of morpholine rings is 1. The highest BCUT2D eigenvalue weighted by Crippen LogP contribution is 2.14. The molecule has 0 bridgehead atoms. The molecule has 2 rings (SSSR count). The molecule has 1 fully saturated rings. The van der Waals surface area contributed by atoms with E-state index in [9.17, 15) is 4.79 Å². The van der Waals surface area contributed by atoms with Crippen LogP contribution in [0.25, 0.3) is 0 Å². The highest BCUT2D eigenvalue weighted by molar-refractivity contribution is 5.77. The van der Waals surface area contributed by atoms with Crippen LogP contribution < -0.4 is 0 Å². The van der Waals surface area contributed by atoms with Gasteiger partial charge in [-0.15, -0.1) is 0 Å². The quantitative estimate of drug-likeness (QED) is 0.741. The summed E-state index contributed by atoms with van der Waals surface area (Å²) in [7, 11) is 0. The van der Waals surface area contributed by atoms with Crippen molar-refractivity contribution in [1.82, 2.24) is 14.7 Å². The first-order chi connectivity index (χ1) is 8.15. The van der Waals surface area contributed by atoms with Crippen molar-refractivity contribution < 1.29 is 9.53 Å². The zero-order chi connectivity index (χ0) is 12.4. The minimum Gasteiger partial charge on any atom is -0.378 e. The van der Waals surface area contributed by atoms with Crippen molar-refractivity contribution in [2.45, 2.75) is 27.2 Å². The maximum atomic E-state index is 12.3. The van der Waals surface area contributed by atoms with Gasteiger partial charge < -0.3 is 9.64 Å². The fraction of sp³-hybridized carbons (Fsp3) is 0.667. The molecule has 1 aliphatic heterocycles. The van der Waals surface area contributed by atoms with E-state index in [1.54, 1.807) is 4.90 Å². The van der Waals surface area contributed by atoms with Crippen LogP contribution in [0, 0.1) is 13.8 Å². The predicted octanol–water partition coefficient (Wildman–Crippen LogP) is 1.36. The monoisotopic (exact) mass is 237 g/mol. The van der Waals surface area contributed by atoms with Gasteiger partial charge in [-0.05, 0) is 25.8 Å². The second-order valence-electron chi connectivity index (χ2n) is 4.30. The van der Waals surface area contributed by atoms with Crippen LogP contribution >= 0.6 is 0 Å². The first kappa shape index (κ1) is 12.1. The first-order valence-corrected chi connectivity index (χ1v) is 6.07. The van der Waals surface area contributed by atoms with E-state index in [4.69, 9.17) is 4.74 Å². The van der Waals surface area contributed by atoms with Crippen molar-refractivity contribution >= 4 is 6.03 Å². The average molecular weight is 237 g/mol. The zero-order valence-electron chi connectivity index (χ0n) is 10.7. The lowest BCUT2D eigenvalue weighted by Crippen LogP contribution is -2.43. The summed E-state index contributed by atoms with van der Waals surface area (Å²) in [6, 6.07) is -0.0337. The van der Waals surface area contributed by atoms with Crippen molar-refractivity contribution in [2.24, 2.45) is 0 Å². The molecule has 1 aliphatic rings. The Morgan fingerprint density at radius 1 is 1.35 bits per heavy atom. The van der Waals surface area contributed by atoms with Gasteiger partial charge in [-0.2, -0.15) is 9.78 Å². The number of amides is 1. The molecule has 1 saturated heterocycles. The molecule has 0 N–H and O–H groups in total. The molecule has 0 atom stereocenters. The number of aryl methyl sites for hydroxylation is 1. The molecule has 1 amide bonds. The van der Waals surface area contributed by atoms with Gasteiger partial charge in [0.25, 0.3) is 0 Å². The summed E-state index contributed by atoms with van der Waals surface area (Å²) >= 11 is 0. The molecule has 1 aromatic heterocycles. The van der Waals surface area contributed by atoms with Crippen LogP contribution in [-0.4, -0.2) is 47.0 Å². The zero-order valence-corrected chi connectivity index (χ0v) is 10.7. The smallest absolute Gasteiger partial charge is 0.345 e. The van der Waals surface area contributed by atoms with Crippen molar-refractivity contribution in [3.05, 3.63) is 17.0 Å². The molecule has 0 aliphatic carbocycles.